The minimum atomic E-state index is -0.0956. The zero-order valence-electron chi connectivity index (χ0n) is 15.9. The van der Waals surface area contributed by atoms with Gasteiger partial charge >= 0.3 is 0 Å². The Labute approximate surface area is 164 Å². The number of rotatable bonds is 5. The maximum absolute atomic E-state index is 13.1. The van der Waals surface area contributed by atoms with Gasteiger partial charge in [-0.1, -0.05) is 18.2 Å². The van der Waals surface area contributed by atoms with Crippen molar-refractivity contribution in [2.75, 3.05) is 20.2 Å². The first-order chi connectivity index (χ1) is 13.7. The van der Waals surface area contributed by atoms with Gasteiger partial charge in [-0.15, -0.1) is 0 Å². The fourth-order valence-electron chi connectivity index (χ4n) is 3.45. The number of piperidine rings is 1. The summed E-state index contributed by atoms with van der Waals surface area (Å²) in [5, 5.41) is 11.2. The summed E-state index contributed by atoms with van der Waals surface area (Å²) in [6, 6.07) is 17.6. The van der Waals surface area contributed by atoms with Gasteiger partial charge in [-0.25, -0.2) is 4.68 Å². The van der Waals surface area contributed by atoms with E-state index in [1.807, 2.05) is 54.6 Å². The molecule has 6 heteroatoms. The Morgan fingerprint density at radius 3 is 2.64 bits per heavy atom. The van der Waals surface area contributed by atoms with Gasteiger partial charge in [0.15, 0.2) is 0 Å². The smallest absolute Gasteiger partial charge is 0.255 e. The second kappa shape index (κ2) is 8.27. The largest absolute Gasteiger partial charge is 0.497 e. The molecule has 1 atom stereocenters. The standard InChI is InChI=1S/C22H24N4O2/c1-28-19-11-9-16(10-12-19)21-20(22(27)24-17-6-5-13-23-14-17)15-26(25-21)18-7-3-2-4-8-18/h2-4,7-12,15,17,23H,5-6,13-14H2,1H3,(H,24,27). The molecule has 0 saturated carbocycles. The topological polar surface area (TPSA) is 68.2 Å². The van der Waals surface area contributed by atoms with Crippen molar-refractivity contribution < 1.29 is 9.53 Å². The Balaban J connectivity index is 1.69. The zero-order valence-corrected chi connectivity index (χ0v) is 15.9. The number of aromatic nitrogens is 2. The maximum Gasteiger partial charge on any atom is 0.255 e. The molecule has 0 radical (unpaired) electrons. The number of nitrogens with zero attached hydrogens (tertiary/aromatic N) is 2. The molecule has 1 unspecified atom stereocenters. The number of ether oxygens (including phenoxy) is 1. The average molecular weight is 376 g/mol. The molecule has 1 aliphatic rings. The molecule has 3 aromatic rings. The van der Waals surface area contributed by atoms with E-state index in [0.717, 1.165) is 42.9 Å². The second-order valence-corrected chi connectivity index (χ2v) is 6.92. The lowest BCUT2D eigenvalue weighted by atomic mass is 10.1. The lowest BCUT2D eigenvalue weighted by Crippen LogP contribution is -2.45. The number of methoxy groups -OCH3 is 1. The van der Waals surface area contributed by atoms with Crippen molar-refractivity contribution in [1.29, 1.82) is 0 Å². The van der Waals surface area contributed by atoms with Gasteiger partial charge in [-0.05, 0) is 55.8 Å². The summed E-state index contributed by atoms with van der Waals surface area (Å²) in [6.07, 6.45) is 3.86. The third-order valence-electron chi connectivity index (χ3n) is 4.98. The number of carbonyl (C=O) groups excluding carboxylic acids is 1. The number of benzene rings is 2. The molecule has 144 valence electrons. The van der Waals surface area contributed by atoms with Crippen LogP contribution in [0, 0.1) is 0 Å². The van der Waals surface area contributed by atoms with E-state index in [2.05, 4.69) is 10.6 Å². The number of nitrogens with one attached hydrogen (secondary N) is 2. The summed E-state index contributed by atoms with van der Waals surface area (Å²) >= 11 is 0. The molecule has 0 aliphatic carbocycles. The van der Waals surface area contributed by atoms with Crippen molar-refractivity contribution in [2.24, 2.45) is 0 Å². The van der Waals surface area contributed by atoms with Crippen molar-refractivity contribution in [3.05, 3.63) is 66.4 Å². The number of hydrogen-bond donors (Lipinski definition) is 2. The summed E-state index contributed by atoms with van der Waals surface area (Å²) in [7, 11) is 1.64. The number of hydrogen-bond acceptors (Lipinski definition) is 4. The normalized spacial score (nSPS) is 16.5. The molecule has 2 aromatic carbocycles. The molecule has 28 heavy (non-hydrogen) atoms. The summed E-state index contributed by atoms with van der Waals surface area (Å²) in [4.78, 5) is 13.1. The van der Waals surface area contributed by atoms with Gasteiger partial charge in [0, 0.05) is 24.3 Å². The quantitative estimate of drug-likeness (QED) is 0.718. The third kappa shape index (κ3) is 3.92. The monoisotopic (exact) mass is 376 g/mol. The van der Waals surface area contributed by atoms with Crippen molar-refractivity contribution in [3.8, 4) is 22.7 Å². The van der Waals surface area contributed by atoms with Crippen LogP contribution in [0.3, 0.4) is 0 Å². The van der Waals surface area contributed by atoms with Crippen LogP contribution in [0.15, 0.2) is 60.8 Å². The summed E-state index contributed by atoms with van der Waals surface area (Å²) in [5.74, 6) is 0.673. The minimum absolute atomic E-state index is 0.0956. The van der Waals surface area contributed by atoms with Gasteiger partial charge in [0.2, 0.25) is 0 Å². The third-order valence-corrected chi connectivity index (χ3v) is 4.98. The van der Waals surface area contributed by atoms with Crippen LogP contribution in [0.2, 0.25) is 0 Å². The molecule has 1 amide bonds. The average Bonchev–Trinajstić information content (AvgIpc) is 3.21. The van der Waals surface area contributed by atoms with Crippen LogP contribution < -0.4 is 15.4 Å². The Hall–Kier alpha value is -3.12. The van der Waals surface area contributed by atoms with Gasteiger partial charge in [-0.3, -0.25) is 4.79 Å². The molecule has 1 aliphatic heterocycles. The molecule has 2 N–H and O–H groups in total. The van der Waals surface area contributed by atoms with Crippen LogP contribution in [0.5, 0.6) is 5.75 Å². The highest BCUT2D eigenvalue weighted by Gasteiger charge is 2.22. The fourth-order valence-corrected chi connectivity index (χ4v) is 3.45. The van der Waals surface area contributed by atoms with Gasteiger partial charge in [0.1, 0.15) is 11.4 Å². The highest BCUT2D eigenvalue weighted by atomic mass is 16.5. The van der Waals surface area contributed by atoms with Crippen molar-refractivity contribution in [3.63, 3.8) is 0 Å². The lowest BCUT2D eigenvalue weighted by Gasteiger charge is -2.23. The molecule has 1 aromatic heterocycles. The highest BCUT2D eigenvalue weighted by molar-refractivity contribution is 6.00. The van der Waals surface area contributed by atoms with Crippen LogP contribution >= 0.6 is 0 Å². The van der Waals surface area contributed by atoms with Gasteiger partial charge in [0.25, 0.3) is 5.91 Å². The Morgan fingerprint density at radius 2 is 1.96 bits per heavy atom. The molecule has 1 fully saturated rings. The van der Waals surface area contributed by atoms with E-state index in [9.17, 15) is 4.79 Å². The van der Waals surface area contributed by atoms with E-state index >= 15 is 0 Å². The van der Waals surface area contributed by atoms with E-state index in [-0.39, 0.29) is 11.9 Å². The summed E-state index contributed by atoms with van der Waals surface area (Å²) < 4.78 is 7.00. The summed E-state index contributed by atoms with van der Waals surface area (Å²) in [5.41, 5.74) is 3.02. The SMILES string of the molecule is COc1ccc(-c2nn(-c3ccccc3)cc2C(=O)NC2CCCNC2)cc1. The molecule has 4 rings (SSSR count). The lowest BCUT2D eigenvalue weighted by molar-refractivity contribution is 0.0931. The van der Waals surface area contributed by atoms with Crippen molar-refractivity contribution >= 4 is 5.91 Å². The van der Waals surface area contributed by atoms with E-state index in [1.165, 1.54) is 0 Å². The predicted molar refractivity (Wildman–Crippen MR) is 109 cm³/mol. The molecule has 0 bridgehead atoms. The predicted octanol–water partition coefficient (Wildman–Crippen LogP) is 3.03. The Morgan fingerprint density at radius 1 is 1.18 bits per heavy atom. The molecular formula is C22H24N4O2. The molecule has 1 saturated heterocycles. The molecule has 2 heterocycles. The van der Waals surface area contributed by atoms with E-state index in [4.69, 9.17) is 9.84 Å². The number of carbonyl (C=O) groups is 1. The first kappa shape index (κ1) is 18.3. The maximum atomic E-state index is 13.1. The van der Waals surface area contributed by atoms with Crippen LogP contribution in [0.1, 0.15) is 23.2 Å². The van der Waals surface area contributed by atoms with E-state index in [1.54, 1.807) is 18.0 Å². The van der Waals surface area contributed by atoms with Crippen LogP contribution in [-0.4, -0.2) is 41.9 Å². The van der Waals surface area contributed by atoms with Crippen molar-refractivity contribution in [2.45, 2.75) is 18.9 Å². The van der Waals surface area contributed by atoms with Crippen LogP contribution in [0.25, 0.3) is 16.9 Å². The van der Waals surface area contributed by atoms with Crippen LogP contribution in [0.4, 0.5) is 0 Å². The number of amides is 1. The molecule has 0 spiro atoms. The van der Waals surface area contributed by atoms with Gasteiger partial charge < -0.3 is 15.4 Å². The molecule has 6 nitrogen and oxygen atoms in total. The summed E-state index contributed by atoms with van der Waals surface area (Å²) in [6.45, 7) is 1.81. The van der Waals surface area contributed by atoms with Gasteiger partial charge in [-0.2, -0.15) is 5.10 Å². The second-order valence-electron chi connectivity index (χ2n) is 6.92. The van der Waals surface area contributed by atoms with Crippen LogP contribution in [-0.2, 0) is 0 Å². The molecular weight excluding hydrogens is 352 g/mol. The highest BCUT2D eigenvalue weighted by Crippen LogP contribution is 2.26. The first-order valence-electron chi connectivity index (χ1n) is 9.55. The number of para-hydroxylation sites is 1. The Kier molecular flexibility index (Phi) is 5.39. The van der Waals surface area contributed by atoms with E-state index in [0.29, 0.717) is 11.3 Å². The first-order valence-corrected chi connectivity index (χ1v) is 9.55. The van der Waals surface area contributed by atoms with Gasteiger partial charge in [0.05, 0.1) is 18.4 Å². The Bertz CT molecular complexity index is 929. The van der Waals surface area contributed by atoms with E-state index < -0.39 is 0 Å². The zero-order chi connectivity index (χ0) is 19.3. The fraction of sp³-hybridized carbons (Fsp3) is 0.273. The van der Waals surface area contributed by atoms with Crippen molar-refractivity contribution in [1.82, 2.24) is 20.4 Å². The minimum Gasteiger partial charge on any atom is -0.497 e.